The molecule has 1 aromatic carbocycles. The van der Waals surface area contributed by atoms with E-state index >= 15 is 0 Å². The summed E-state index contributed by atoms with van der Waals surface area (Å²) in [4.78, 5) is 24.5. The Bertz CT molecular complexity index is 697. The number of hydrogen-bond donors (Lipinski definition) is 3. The highest BCUT2D eigenvalue weighted by molar-refractivity contribution is 5.91. The average molecular weight is 389 g/mol. The van der Waals surface area contributed by atoms with Gasteiger partial charge in [0.1, 0.15) is 0 Å². The Morgan fingerprint density at radius 1 is 1.14 bits per heavy atom. The van der Waals surface area contributed by atoms with Crippen molar-refractivity contribution in [3.63, 3.8) is 0 Å². The van der Waals surface area contributed by atoms with E-state index in [9.17, 15) is 9.59 Å². The number of rotatable bonds is 9. The molecule has 3 rings (SSSR count). The van der Waals surface area contributed by atoms with E-state index in [-0.39, 0.29) is 23.8 Å². The molecule has 1 aromatic rings. The van der Waals surface area contributed by atoms with E-state index in [2.05, 4.69) is 10.6 Å². The maximum atomic E-state index is 12.6. The highest BCUT2D eigenvalue weighted by atomic mass is 16.5. The first-order valence-corrected chi connectivity index (χ1v) is 10.1. The zero-order valence-corrected chi connectivity index (χ0v) is 16.6. The van der Waals surface area contributed by atoms with E-state index in [1.165, 1.54) is 6.42 Å². The molecule has 0 aliphatic heterocycles. The molecule has 0 unspecified atom stereocenters. The minimum atomic E-state index is -0.152. The molecule has 0 radical (unpaired) electrons. The van der Waals surface area contributed by atoms with E-state index in [1.54, 1.807) is 25.3 Å². The van der Waals surface area contributed by atoms with Crippen LogP contribution in [-0.2, 0) is 9.59 Å². The maximum absolute atomic E-state index is 12.6. The first-order valence-electron chi connectivity index (χ1n) is 10.1. The lowest BCUT2D eigenvalue weighted by atomic mass is 9.71. The summed E-state index contributed by atoms with van der Waals surface area (Å²) in [5.41, 5.74) is 6.52. The molecule has 2 aliphatic rings. The molecule has 2 fully saturated rings. The molecule has 0 saturated heterocycles. The van der Waals surface area contributed by atoms with Gasteiger partial charge in [-0.25, -0.2) is 0 Å². The molecular formula is C21H31N3O4. The van der Waals surface area contributed by atoms with Crippen molar-refractivity contribution in [2.45, 2.75) is 57.4 Å². The van der Waals surface area contributed by atoms with Gasteiger partial charge in [-0.2, -0.15) is 0 Å². The van der Waals surface area contributed by atoms with Gasteiger partial charge in [0.15, 0.2) is 18.1 Å². The Balaban J connectivity index is 1.59. The summed E-state index contributed by atoms with van der Waals surface area (Å²) in [6.07, 6.45) is 7.98. The summed E-state index contributed by atoms with van der Waals surface area (Å²) in [7, 11) is 1.54. The molecule has 0 aromatic heterocycles. The second kappa shape index (κ2) is 9.28. The molecule has 7 heteroatoms. The Hall–Kier alpha value is -2.28. The smallest absolute Gasteiger partial charge is 0.258 e. The van der Waals surface area contributed by atoms with Gasteiger partial charge in [0, 0.05) is 24.2 Å². The molecule has 0 bridgehead atoms. The summed E-state index contributed by atoms with van der Waals surface area (Å²) < 4.78 is 10.9. The third kappa shape index (κ3) is 5.61. The zero-order chi connectivity index (χ0) is 20.0. The maximum Gasteiger partial charge on any atom is 0.258 e. The van der Waals surface area contributed by atoms with E-state index < -0.39 is 0 Å². The number of ether oxygens (including phenoxy) is 2. The lowest BCUT2D eigenvalue weighted by Gasteiger charge is -2.35. The van der Waals surface area contributed by atoms with Crippen LogP contribution in [0.1, 0.15) is 51.4 Å². The number of methoxy groups -OCH3 is 1. The summed E-state index contributed by atoms with van der Waals surface area (Å²) >= 11 is 0. The van der Waals surface area contributed by atoms with Crippen molar-refractivity contribution in [3.05, 3.63) is 18.2 Å². The second-order valence-corrected chi connectivity index (χ2v) is 7.99. The summed E-state index contributed by atoms with van der Waals surface area (Å²) in [6.45, 7) is 0.452. The van der Waals surface area contributed by atoms with Crippen LogP contribution in [0.3, 0.4) is 0 Å². The van der Waals surface area contributed by atoms with Crippen LogP contribution >= 0.6 is 0 Å². The predicted octanol–water partition coefficient (Wildman–Crippen LogP) is 2.59. The molecular weight excluding hydrogens is 358 g/mol. The van der Waals surface area contributed by atoms with Crippen molar-refractivity contribution in [2.24, 2.45) is 11.1 Å². The van der Waals surface area contributed by atoms with Crippen LogP contribution in [0.15, 0.2) is 18.2 Å². The topological polar surface area (TPSA) is 103 Å². The number of hydrogen-bond acceptors (Lipinski definition) is 5. The van der Waals surface area contributed by atoms with E-state index in [4.69, 9.17) is 15.2 Å². The predicted molar refractivity (Wildman–Crippen MR) is 107 cm³/mol. The van der Waals surface area contributed by atoms with Gasteiger partial charge in [0.05, 0.1) is 7.11 Å². The Morgan fingerprint density at radius 3 is 2.54 bits per heavy atom. The summed E-state index contributed by atoms with van der Waals surface area (Å²) in [6, 6.07) is 5.47. The van der Waals surface area contributed by atoms with Crippen molar-refractivity contribution in [2.75, 3.05) is 25.6 Å². The average Bonchev–Trinajstić information content (AvgIpc) is 3.51. The first-order chi connectivity index (χ1) is 13.5. The first kappa shape index (κ1) is 20.5. The van der Waals surface area contributed by atoms with Gasteiger partial charge in [0.25, 0.3) is 5.91 Å². The molecule has 28 heavy (non-hydrogen) atoms. The molecule has 0 heterocycles. The van der Waals surface area contributed by atoms with Crippen LogP contribution in [0.25, 0.3) is 0 Å². The lowest BCUT2D eigenvalue weighted by molar-refractivity contribution is -0.123. The number of anilines is 1. The standard InChI is InChI=1S/C21H31N3O4/c1-27-17-8-7-16(11-18(17)28-13-20(26)23-15-5-6-15)24-19(25)12-21(14-22)9-3-2-4-10-21/h7-8,11,15H,2-6,9-10,12-14,22H2,1H3,(H,23,26)(H,24,25). The van der Waals surface area contributed by atoms with Gasteiger partial charge in [-0.1, -0.05) is 19.3 Å². The number of amides is 2. The van der Waals surface area contributed by atoms with Crippen molar-refractivity contribution in [1.82, 2.24) is 5.32 Å². The fraction of sp³-hybridized carbons (Fsp3) is 0.619. The number of benzene rings is 1. The molecule has 7 nitrogen and oxygen atoms in total. The number of carbonyl (C=O) groups excluding carboxylic acids is 2. The molecule has 2 saturated carbocycles. The zero-order valence-electron chi connectivity index (χ0n) is 16.6. The molecule has 0 spiro atoms. The minimum absolute atomic E-state index is 0.0463. The van der Waals surface area contributed by atoms with Crippen LogP contribution in [0.5, 0.6) is 11.5 Å². The number of nitrogens with two attached hydrogens (primary N) is 1. The fourth-order valence-electron chi connectivity index (χ4n) is 3.81. The fourth-order valence-corrected chi connectivity index (χ4v) is 3.81. The lowest BCUT2D eigenvalue weighted by Crippen LogP contribution is -2.36. The van der Waals surface area contributed by atoms with Crippen LogP contribution < -0.4 is 25.8 Å². The third-order valence-electron chi connectivity index (χ3n) is 5.63. The Labute approximate surface area is 166 Å². The summed E-state index contributed by atoms with van der Waals surface area (Å²) in [5.74, 6) is 0.747. The number of nitrogens with one attached hydrogen (secondary N) is 2. The van der Waals surface area contributed by atoms with Crippen LogP contribution in [-0.4, -0.2) is 38.1 Å². The molecule has 2 amide bonds. The van der Waals surface area contributed by atoms with Gasteiger partial charge >= 0.3 is 0 Å². The molecule has 154 valence electrons. The van der Waals surface area contributed by atoms with E-state index in [0.717, 1.165) is 38.5 Å². The highest BCUT2D eigenvalue weighted by Gasteiger charge is 2.33. The van der Waals surface area contributed by atoms with E-state index in [0.29, 0.717) is 36.2 Å². The third-order valence-corrected chi connectivity index (χ3v) is 5.63. The largest absolute Gasteiger partial charge is 0.493 e. The normalized spacial score (nSPS) is 18.2. The van der Waals surface area contributed by atoms with E-state index in [1.807, 2.05) is 0 Å². The second-order valence-electron chi connectivity index (χ2n) is 7.99. The summed E-state index contributed by atoms with van der Waals surface area (Å²) in [5, 5.41) is 5.82. The van der Waals surface area contributed by atoms with Gasteiger partial charge in [-0.3, -0.25) is 9.59 Å². The molecule has 4 N–H and O–H groups in total. The quantitative estimate of drug-likeness (QED) is 0.602. The SMILES string of the molecule is COc1ccc(NC(=O)CC2(CN)CCCCC2)cc1OCC(=O)NC1CC1. The van der Waals surface area contributed by atoms with Crippen molar-refractivity contribution in [3.8, 4) is 11.5 Å². The van der Waals surface area contributed by atoms with Crippen LogP contribution in [0.4, 0.5) is 5.69 Å². The minimum Gasteiger partial charge on any atom is -0.493 e. The number of carbonyl (C=O) groups is 2. The monoisotopic (exact) mass is 389 g/mol. The van der Waals surface area contributed by atoms with Crippen molar-refractivity contribution in [1.29, 1.82) is 0 Å². The van der Waals surface area contributed by atoms with Gasteiger partial charge in [0.2, 0.25) is 5.91 Å². The Morgan fingerprint density at radius 2 is 1.89 bits per heavy atom. The molecule has 0 atom stereocenters. The Kier molecular flexibility index (Phi) is 6.78. The van der Waals surface area contributed by atoms with Crippen molar-refractivity contribution >= 4 is 17.5 Å². The van der Waals surface area contributed by atoms with Gasteiger partial charge in [-0.15, -0.1) is 0 Å². The highest BCUT2D eigenvalue weighted by Crippen LogP contribution is 2.39. The van der Waals surface area contributed by atoms with Crippen LogP contribution in [0, 0.1) is 5.41 Å². The van der Waals surface area contributed by atoms with Gasteiger partial charge < -0.3 is 25.8 Å². The van der Waals surface area contributed by atoms with Crippen molar-refractivity contribution < 1.29 is 19.1 Å². The van der Waals surface area contributed by atoms with Crippen LogP contribution in [0.2, 0.25) is 0 Å². The van der Waals surface area contributed by atoms with Gasteiger partial charge in [-0.05, 0) is 49.8 Å². The molecule has 2 aliphatic carbocycles.